The maximum absolute atomic E-state index is 13.0. The van der Waals surface area contributed by atoms with Crippen molar-refractivity contribution in [3.63, 3.8) is 0 Å². The van der Waals surface area contributed by atoms with Gasteiger partial charge in [-0.25, -0.2) is 8.42 Å². The van der Waals surface area contributed by atoms with Gasteiger partial charge in [-0.15, -0.1) is 0 Å². The van der Waals surface area contributed by atoms with Crippen LogP contribution >= 0.6 is 0 Å². The van der Waals surface area contributed by atoms with Crippen molar-refractivity contribution >= 4 is 15.7 Å². The van der Waals surface area contributed by atoms with Crippen molar-refractivity contribution in [1.82, 2.24) is 4.31 Å². The molecule has 0 spiro atoms. The van der Waals surface area contributed by atoms with Crippen LogP contribution in [0.3, 0.4) is 0 Å². The van der Waals surface area contributed by atoms with Crippen molar-refractivity contribution in [1.29, 1.82) is 0 Å². The van der Waals surface area contributed by atoms with E-state index in [1.165, 1.54) is 11.1 Å². The van der Waals surface area contributed by atoms with Gasteiger partial charge >= 0.3 is 0 Å². The van der Waals surface area contributed by atoms with Crippen molar-refractivity contribution in [3.05, 3.63) is 59.7 Å². The summed E-state index contributed by atoms with van der Waals surface area (Å²) in [5, 5.41) is 3.36. The van der Waals surface area contributed by atoms with Gasteiger partial charge in [-0.1, -0.05) is 43.2 Å². The zero-order valence-corrected chi connectivity index (χ0v) is 16.4. The lowest BCUT2D eigenvalue weighted by Gasteiger charge is -2.34. The van der Waals surface area contributed by atoms with E-state index in [2.05, 4.69) is 37.4 Å². The van der Waals surface area contributed by atoms with Crippen LogP contribution in [0.15, 0.2) is 53.4 Å². The van der Waals surface area contributed by atoms with Gasteiger partial charge in [-0.05, 0) is 56.0 Å². The molecule has 0 amide bonds. The minimum absolute atomic E-state index is 0.132. The Morgan fingerprint density at radius 2 is 1.88 bits per heavy atom. The first-order valence-electron chi connectivity index (χ1n) is 9.42. The molecule has 5 heteroatoms. The van der Waals surface area contributed by atoms with E-state index in [0.717, 1.165) is 37.9 Å². The highest BCUT2D eigenvalue weighted by atomic mass is 32.2. The molecule has 0 radical (unpaired) electrons. The third-order valence-corrected chi connectivity index (χ3v) is 7.05. The Bertz CT molecular complexity index is 831. The topological polar surface area (TPSA) is 49.4 Å². The Hall–Kier alpha value is -1.85. The molecule has 0 saturated carbocycles. The van der Waals surface area contributed by atoms with Gasteiger partial charge in [0.2, 0.25) is 10.0 Å². The second-order valence-corrected chi connectivity index (χ2v) is 8.93. The molecule has 1 unspecified atom stereocenters. The number of sulfonamides is 1. The van der Waals surface area contributed by atoms with Crippen LogP contribution in [-0.4, -0.2) is 25.3 Å². The summed E-state index contributed by atoms with van der Waals surface area (Å²) in [7, 11) is -3.41. The molecule has 2 aromatic carbocycles. The summed E-state index contributed by atoms with van der Waals surface area (Å²) in [6, 6.07) is 15.6. The van der Waals surface area contributed by atoms with Gasteiger partial charge in [0.15, 0.2) is 0 Å². The maximum Gasteiger partial charge on any atom is 0.243 e. The Labute approximate surface area is 157 Å². The van der Waals surface area contributed by atoms with Gasteiger partial charge in [0, 0.05) is 24.8 Å². The molecule has 1 atom stereocenters. The SMILES string of the molecule is CCC1CCCCN1S(=O)(=O)c1ccc(NCc2cccc(C)c2)cc1. The number of anilines is 1. The minimum atomic E-state index is -3.41. The second kappa shape index (κ2) is 8.23. The first-order valence-corrected chi connectivity index (χ1v) is 10.9. The molecule has 1 aliphatic rings. The summed E-state index contributed by atoms with van der Waals surface area (Å²) in [6.07, 6.45) is 3.90. The fourth-order valence-electron chi connectivity index (χ4n) is 3.60. The van der Waals surface area contributed by atoms with Gasteiger partial charge in [0.05, 0.1) is 4.90 Å². The van der Waals surface area contributed by atoms with Crippen LogP contribution in [0.25, 0.3) is 0 Å². The van der Waals surface area contributed by atoms with E-state index in [4.69, 9.17) is 0 Å². The summed E-state index contributed by atoms with van der Waals surface area (Å²) >= 11 is 0. The summed E-state index contributed by atoms with van der Waals surface area (Å²) < 4.78 is 27.7. The number of nitrogens with zero attached hydrogens (tertiary/aromatic N) is 1. The largest absolute Gasteiger partial charge is 0.381 e. The average Bonchev–Trinajstić information content (AvgIpc) is 2.66. The highest BCUT2D eigenvalue weighted by Crippen LogP contribution is 2.27. The van der Waals surface area contributed by atoms with Gasteiger partial charge in [0.25, 0.3) is 0 Å². The molecule has 26 heavy (non-hydrogen) atoms. The molecule has 140 valence electrons. The molecule has 1 N–H and O–H groups in total. The van der Waals surface area contributed by atoms with Crippen molar-refractivity contribution in [2.24, 2.45) is 0 Å². The third kappa shape index (κ3) is 4.27. The van der Waals surface area contributed by atoms with Crippen LogP contribution in [0, 0.1) is 6.92 Å². The Balaban J connectivity index is 1.70. The van der Waals surface area contributed by atoms with E-state index in [1.54, 1.807) is 16.4 Å². The lowest BCUT2D eigenvalue weighted by atomic mass is 10.0. The van der Waals surface area contributed by atoms with E-state index < -0.39 is 10.0 Å². The fourth-order valence-corrected chi connectivity index (χ4v) is 5.37. The number of aryl methyl sites for hydroxylation is 1. The Morgan fingerprint density at radius 1 is 1.12 bits per heavy atom. The molecule has 1 aliphatic heterocycles. The lowest BCUT2D eigenvalue weighted by Crippen LogP contribution is -2.43. The van der Waals surface area contributed by atoms with Gasteiger partial charge < -0.3 is 5.32 Å². The van der Waals surface area contributed by atoms with E-state index in [-0.39, 0.29) is 6.04 Å². The standard InChI is InChI=1S/C21H28N2O2S/c1-3-20-9-4-5-14-23(20)26(24,25)21-12-10-19(11-13-21)22-16-18-8-6-7-17(2)15-18/h6-8,10-13,15,20,22H,3-5,9,14,16H2,1-2H3. The highest BCUT2D eigenvalue weighted by Gasteiger charge is 2.32. The second-order valence-electron chi connectivity index (χ2n) is 7.04. The normalized spacial score (nSPS) is 18.6. The lowest BCUT2D eigenvalue weighted by molar-refractivity contribution is 0.246. The van der Waals surface area contributed by atoms with Crippen LogP contribution < -0.4 is 5.32 Å². The third-order valence-electron chi connectivity index (χ3n) is 5.08. The number of rotatable bonds is 6. The number of hydrogen-bond acceptors (Lipinski definition) is 3. The molecule has 4 nitrogen and oxygen atoms in total. The molecule has 0 bridgehead atoms. The molecule has 1 fully saturated rings. The average molecular weight is 373 g/mol. The number of hydrogen-bond donors (Lipinski definition) is 1. The molecule has 3 rings (SSSR count). The van der Waals surface area contributed by atoms with Crippen molar-refractivity contribution in [3.8, 4) is 0 Å². The molecule has 1 heterocycles. The van der Waals surface area contributed by atoms with E-state index in [1.807, 2.05) is 18.2 Å². The predicted molar refractivity (Wildman–Crippen MR) is 107 cm³/mol. The van der Waals surface area contributed by atoms with Crippen LogP contribution in [0.2, 0.25) is 0 Å². The van der Waals surface area contributed by atoms with Crippen molar-refractivity contribution in [2.45, 2.75) is 57.0 Å². The first-order chi connectivity index (χ1) is 12.5. The van der Waals surface area contributed by atoms with Gasteiger partial charge in [-0.2, -0.15) is 4.31 Å². The number of benzene rings is 2. The van der Waals surface area contributed by atoms with Crippen LogP contribution in [0.4, 0.5) is 5.69 Å². The van der Waals surface area contributed by atoms with E-state index >= 15 is 0 Å². The van der Waals surface area contributed by atoms with E-state index in [0.29, 0.717) is 11.4 Å². The maximum atomic E-state index is 13.0. The quantitative estimate of drug-likeness (QED) is 0.809. The summed E-state index contributed by atoms with van der Waals surface area (Å²) in [5.74, 6) is 0. The summed E-state index contributed by atoms with van der Waals surface area (Å²) in [5.41, 5.74) is 3.37. The molecule has 0 aromatic heterocycles. The summed E-state index contributed by atoms with van der Waals surface area (Å²) in [4.78, 5) is 0.388. The predicted octanol–water partition coefficient (Wildman–Crippen LogP) is 4.56. The van der Waals surface area contributed by atoms with Crippen LogP contribution in [0.5, 0.6) is 0 Å². The van der Waals surface area contributed by atoms with Gasteiger partial charge in [0.1, 0.15) is 0 Å². The monoisotopic (exact) mass is 372 g/mol. The Kier molecular flexibility index (Phi) is 5.99. The number of nitrogens with one attached hydrogen (secondary N) is 1. The highest BCUT2D eigenvalue weighted by molar-refractivity contribution is 7.89. The molecule has 0 aliphatic carbocycles. The first kappa shape index (κ1) is 18.9. The molecule has 1 saturated heterocycles. The van der Waals surface area contributed by atoms with Crippen LogP contribution in [-0.2, 0) is 16.6 Å². The van der Waals surface area contributed by atoms with Crippen molar-refractivity contribution in [2.75, 3.05) is 11.9 Å². The minimum Gasteiger partial charge on any atom is -0.381 e. The summed E-state index contributed by atoms with van der Waals surface area (Å²) in [6.45, 7) is 5.50. The van der Waals surface area contributed by atoms with Crippen LogP contribution in [0.1, 0.15) is 43.7 Å². The van der Waals surface area contributed by atoms with Crippen molar-refractivity contribution < 1.29 is 8.42 Å². The van der Waals surface area contributed by atoms with Gasteiger partial charge in [-0.3, -0.25) is 0 Å². The Morgan fingerprint density at radius 3 is 2.58 bits per heavy atom. The zero-order valence-electron chi connectivity index (χ0n) is 15.6. The molecular weight excluding hydrogens is 344 g/mol. The smallest absolute Gasteiger partial charge is 0.243 e. The molecular formula is C21H28N2O2S. The fraction of sp³-hybridized carbons (Fsp3) is 0.429. The number of piperidine rings is 1. The molecule has 2 aromatic rings. The van der Waals surface area contributed by atoms with E-state index in [9.17, 15) is 8.42 Å². The zero-order chi connectivity index (χ0) is 18.6.